The zero-order valence-corrected chi connectivity index (χ0v) is 11.7. The van der Waals surface area contributed by atoms with Crippen molar-refractivity contribution < 1.29 is 18.3 Å². The van der Waals surface area contributed by atoms with Crippen molar-refractivity contribution in [2.45, 2.75) is 20.1 Å². The summed E-state index contributed by atoms with van der Waals surface area (Å²) in [4.78, 5) is 0. The molecule has 0 aliphatic rings. The van der Waals surface area contributed by atoms with Gasteiger partial charge in [0.15, 0.2) is 0 Å². The fraction of sp³-hybridized carbons (Fsp3) is 0.500. The number of ether oxygens (including phenoxy) is 2. The maximum Gasteiger partial charge on any atom is 0.387 e. The van der Waals surface area contributed by atoms with Crippen molar-refractivity contribution in [1.29, 1.82) is 0 Å². The van der Waals surface area contributed by atoms with Crippen molar-refractivity contribution >= 4 is 15.9 Å². The van der Waals surface area contributed by atoms with Gasteiger partial charge in [-0.2, -0.15) is 8.78 Å². The minimum Gasteiger partial charge on any atom is -0.434 e. The van der Waals surface area contributed by atoms with Gasteiger partial charge in [-0.3, -0.25) is 0 Å². The van der Waals surface area contributed by atoms with E-state index in [-0.39, 0.29) is 5.75 Å². The van der Waals surface area contributed by atoms with Gasteiger partial charge < -0.3 is 14.8 Å². The molecule has 0 saturated heterocycles. The Balaban J connectivity index is 2.53. The summed E-state index contributed by atoms with van der Waals surface area (Å²) < 4.78 is 34.9. The largest absolute Gasteiger partial charge is 0.434 e. The van der Waals surface area contributed by atoms with Gasteiger partial charge in [0, 0.05) is 29.7 Å². The Hall–Kier alpha value is -0.720. The zero-order chi connectivity index (χ0) is 13.4. The van der Waals surface area contributed by atoms with E-state index in [1.165, 1.54) is 6.07 Å². The van der Waals surface area contributed by atoms with Gasteiger partial charge in [-0.05, 0) is 25.1 Å². The fourth-order valence-corrected chi connectivity index (χ4v) is 1.82. The minimum atomic E-state index is -2.81. The van der Waals surface area contributed by atoms with Crippen molar-refractivity contribution in [3.63, 3.8) is 0 Å². The van der Waals surface area contributed by atoms with Crippen LogP contribution in [-0.2, 0) is 11.3 Å². The monoisotopic (exact) mass is 323 g/mol. The summed E-state index contributed by atoms with van der Waals surface area (Å²) >= 11 is 3.30. The average molecular weight is 324 g/mol. The maximum absolute atomic E-state index is 12.2. The number of benzene rings is 1. The molecule has 1 aromatic carbocycles. The SMILES string of the molecule is CCOCCNCc1cc(Br)ccc1OC(F)F. The first-order valence-corrected chi connectivity index (χ1v) is 6.44. The topological polar surface area (TPSA) is 30.5 Å². The van der Waals surface area contributed by atoms with Crippen molar-refractivity contribution in [1.82, 2.24) is 5.32 Å². The summed E-state index contributed by atoms with van der Waals surface area (Å²) in [7, 11) is 0. The van der Waals surface area contributed by atoms with E-state index in [1.54, 1.807) is 12.1 Å². The molecule has 0 bridgehead atoms. The quantitative estimate of drug-likeness (QED) is 0.745. The van der Waals surface area contributed by atoms with E-state index in [2.05, 4.69) is 26.0 Å². The Morgan fingerprint density at radius 2 is 2.17 bits per heavy atom. The van der Waals surface area contributed by atoms with Crippen molar-refractivity contribution in [2.75, 3.05) is 19.8 Å². The highest BCUT2D eigenvalue weighted by atomic mass is 79.9. The van der Waals surface area contributed by atoms with Gasteiger partial charge in [0.1, 0.15) is 5.75 Å². The molecule has 0 saturated carbocycles. The molecule has 0 heterocycles. The van der Waals surface area contributed by atoms with E-state index < -0.39 is 6.61 Å². The highest BCUT2D eigenvalue weighted by Gasteiger charge is 2.09. The Bertz CT molecular complexity index is 364. The number of halogens is 3. The molecule has 0 aliphatic heterocycles. The van der Waals surface area contributed by atoms with Gasteiger partial charge >= 0.3 is 6.61 Å². The van der Waals surface area contributed by atoms with Gasteiger partial charge in [-0.15, -0.1) is 0 Å². The van der Waals surface area contributed by atoms with Crippen molar-refractivity contribution in [3.8, 4) is 5.75 Å². The molecule has 0 fully saturated rings. The van der Waals surface area contributed by atoms with Gasteiger partial charge in [-0.1, -0.05) is 15.9 Å². The predicted molar refractivity (Wildman–Crippen MR) is 69.0 cm³/mol. The zero-order valence-electron chi connectivity index (χ0n) is 10.1. The summed E-state index contributed by atoms with van der Waals surface area (Å²) in [6, 6.07) is 4.95. The molecule has 0 atom stereocenters. The summed E-state index contributed by atoms with van der Waals surface area (Å²) in [6.07, 6.45) is 0. The molecule has 3 nitrogen and oxygen atoms in total. The van der Waals surface area contributed by atoms with Crippen LogP contribution in [0, 0.1) is 0 Å². The van der Waals surface area contributed by atoms with E-state index in [0.717, 1.165) is 4.47 Å². The highest BCUT2D eigenvalue weighted by Crippen LogP contribution is 2.24. The van der Waals surface area contributed by atoms with Crippen LogP contribution in [0.3, 0.4) is 0 Å². The molecule has 0 unspecified atom stereocenters. The van der Waals surface area contributed by atoms with Crippen LogP contribution in [0.5, 0.6) is 5.75 Å². The Labute approximate surface area is 114 Å². The van der Waals surface area contributed by atoms with Crippen molar-refractivity contribution in [2.24, 2.45) is 0 Å². The van der Waals surface area contributed by atoms with Gasteiger partial charge in [-0.25, -0.2) is 0 Å². The molecule has 102 valence electrons. The van der Waals surface area contributed by atoms with Crippen LogP contribution in [0.15, 0.2) is 22.7 Å². The molecule has 1 N–H and O–H groups in total. The third kappa shape index (κ3) is 5.75. The number of nitrogens with one attached hydrogen (secondary N) is 1. The molecule has 1 rings (SSSR count). The lowest BCUT2D eigenvalue weighted by molar-refractivity contribution is -0.0505. The minimum absolute atomic E-state index is 0.192. The number of hydrogen-bond donors (Lipinski definition) is 1. The lowest BCUT2D eigenvalue weighted by Crippen LogP contribution is -2.20. The normalized spacial score (nSPS) is 10.9. The molecule has 0 radical (unpaired) electrons. The second kappa shape index (κ2) is 8.39. The summed E-state index contributed by atoms with van der Waals surface area (Å²) in [5, 5.41) is 3.11. The molecule has 0 aromatic heterocycles. The van der Waals surface area contributed by atoms with Crippen LogP contribution in [0.2, 0.25) is 0 Å². The summed E-state index contributed by atoms with van der Waals surface area (Å²) in [5.74, 6) is 0.192. The predicted octanol–water partition coefficient (Wildman–Crippen LogP) is 3.18. The van der Waals surface area contributed by atoms with Crippen LogP contribution in [0.4, 0.5) is 8.78 Å². The fourth-order valence-electron chi connectivity index (χ4n) is 1.41. The first-order chi connectivity index (χ1) is 8.63. The molecular weight excluding hydrogens is 308 g/mol. The Kier molecular flexibility index (Phi) is 7.15. The summed E-state index contributed by atoms with van der Waals surface area (Å²) in [6.45, 7) is 1.48. The van der Waals surface area contributed by atoms with E-state index in [9.17, 15) is 8.78 Å². The lowest BCUT2D eigenvalue weighted by Gasteiger charge is -2.12. The third-order valence-corrected chi connectivity index (χ3v) is 2.67. The molecule has 1 aromatic rings. The van der Waals surface area contributed by atoms with Crippen LogP contribution in [0.25, 0.3) is 0 Å². The first kappa shape index (κ1) is 15.3. The molecule has 0 aliphatic carbocycles. The van der Waals surface area contributed by atoms with Crippen molar-refractivity contribution in [3.05, 3.63) is 28.2 Å². The molecule has 18 heavy (non-hydrogen) atoms. The van der Waals surface area contributed by atoms with Crippen LogP contribution >= 0.6 is 15.9 Å². The Morgan fingerprint density at radius 3 is 2.83 bits per heavy atom. The van der Waals surface area contributed by atoms with E-state index in [0.29, 0.717) is 31.9 Å². The van der Waals surface area contributed by atoms with Gasteiger partial charge in [0.25, 0.3) is 0 Å². The molecular formula is C12H16BrF2NO2. The van der Waals surface area contributed by atoms with Crippen LogP contribution < -0.4 is 10.1 Å². The number of rotatable bonds is 8. The summed E-state index contributed by atoms with van der Waals surface area (Å²) in [5.41, 5.74) is 0.682. The number of alkyl halides is 2. The molecule has 6 heteroatoms. The lowest BCUT2D eigenvalue weighted by atomic mass is 10.2. The second-order valence-corrected chi connectivity index (χ2v) is 4.42. The highest BCUT2D eigenvalue weighted by molar-refractivity contribution is 9.10. The van der Waals surface area contributed by atoms with Crippen LogP contribution in [-0.4, -0.2) is 26.4 Å². The Morgan fingerprint density at radius 1 is 1.39 bits per heavy atom. The number of hydrogen-bond acceptors (Lipinski definition) is 3. The first-order valence-electron chi connectivity index (χ1n) is 5.65. The standard InChI is InChI=1S/C12H16BrF2NO2/c1-2-17-6-5-16-8-9-7-10(13)3-4-11(9)18-12(14)15/h3-4,7,12,16H,2,5-6,8H2,1H3. The molecule has 0 amide bonds. The maximum atomic E-state index is 12.2. The second-order valence-electron chi connectivity index (χ2n) is 3.50. The van der Waals surface area contributed by atoms with E-state index >= 15 is 0 Å². The van der Waals surface area contributed by atoms with E-state index in [1.807, 2.05) is 6.92 Å². The molecule has 0 spiro atoms. The smallest absolute Gasteiger partial charge is 0.387 e. The van der Waals surface area contributed by atoms with Gasteiger partial charge in [0.2, 0.25) is 0 Å². The average Bonchev–Trinajstić information content (AvgIpc) is 2.31. The van der Waals surface area contributed by atoms with E-state index in [4.69, 9.17) is 4.74 Å². The van der Waals surface area contributed by atoms with Gasteiger partial charge in [0.05, 0.1) is 6.61 Å². The third-order valence-electron chi connectivity index (χ3n) is 2.18. The van der Waals surface area contributed by atoms with Crippen LogP contribution in [0.1, 0.15) is 12.5 Å².